The molecule has 0 heteroatoms. The molecule has 4 aliphatic rings. The van der Waals surface area contributed by atoms with Crippen molar-refractivity contribution in [2.45, 2.75) is 97.3 Å². The summed E-state index contributed by atoms with van der Waals surface area (Å²) >= 11 is 0. The Morgan fingerprint density at radius 1 is 0.231 bits per heavy atom. The van der Waals surface area contributed by atoms with Gasteiger partial charge in [-0.05, 0) is 134 Å². The molecule has 0 bridgehead atoms. The van der Waals surface area contributed by atoms with Gasteiger partial charge >= 0.3 is 0 Å². The molecule has 4 aromatic carbocycles. The number of aryl methyl sites for hydroxylation is 8. The third-order valence-corrected chi connectivity index (χ3v) is 8.54. The van der Waals surface area contributed by atoms with Crippen molar-refractivity contribution in [2.24, 2.45) is 0 Å². The first kappa shape index (κ1) is 28.9. The molecule has 4 aromatic rings. The van der Waals surface area contributed by atoms with E-state index in [0.717, 1.165) is 0 Å². The van der Waals surface area contributed by atoms with Crippen molar-refractivity contribution in [1.29, 1.82) is 0 Å². The molecule has 0 atom stereocenters. The fourth-order valence-corrected chi connectivity index (χ4v) is 6.38. The fraction of sp³-hybridized carbons (Fsp3) is 0.385. The molecule has 0 N–H and O–H groups in total. The van der Waals surface area contributed by atoms with E-state index in [1.165, 1.54) is 89.9 Å². The van der Waals surface area contributed by atoms with Crippen LogP contribution in [0.1, 0.15) is 90.5 Å². The zero-order chi connectivity index (χ0) is 25.8. The highest BCUT2D eigenvalue weighted by molar-refractivity contribution is 5.32. The normalized spacial score (nSPS) is 15.6. The van der Waals surface area contributed by atoms with Gasteiger partial charge in [0.2, 0.25) is 0 Å². The van der Waals surface area contributed by atoms with E-state index in [-0.39, 0.29) is 7.43 Å². The van der Waals surface area contributed by atoms with Gasteiger partial charge in [-0.2, -0.15) is 0 Å². The molecular weight excluding hydrogens is 468 g/mol. The smallest absolute Gasteiger partial charge is 0.0273 e. The van der Waals surface area contributed by atoms with Crippen LogP contribution in [0.5, 0.6) is 0 Å². The molecular formula is C39H48. The second kappa shape index (κ2) is 15.5. The van der Waals surface area contributed by atoms with Crippen LogP contribution in [-0.4, -0.2) is 0 Å². The van der Waals surface area contributed by atoms with Crippen LogP contribution in [0.4, 0.5) is 0 Å². The minimum Gasteiger partial charge on any atom is -0.0776 e. The van der Waals surface area contributed by atoms with Gasteiger partial charge in [-0.1, -0.05) is 104 Å². The van der Waals surface area contributed by atoms with Gasteiger partial charge in [-0.25, -0.2) is 0 Å². The topological polar surface area (TPSA) is 0 Å². The van der Waals surface area contributed by atoms with Crippen molar-refractivity contribution in [2.75, 3.05) is 0 Å². The van der Waals surface area contributed by atoms with Gasteiger partial charge < -0.3 is 0 Å². The van der Waals surface area contributed by atoms with Crippen molar-refractivity contribution in [3.8, 4) is 0 Å². The largest absolute Gasteiger partial charge is 0.0776 e. The molecule has 8 rings (SSSR count). The first-order valence-corrected chi connectivity index (χ1v) is 15.1. The SMILES string of the molecule is C.c1ccc2c(c1)CCC2.c1ccc2c(c1)CCC2.c1ccc2c(c1)CCCC2.c1ccc2c(c1)CCCC2. The summed E-state index contributed by atoms with van der Waals surface area (Å²) in [6.45, 7) is 0. The van der Waals surface area contributed by atoms with E-state index in [0.29, 0.717) is 0 Å². The lowest BCUT2D eigenvalue weighted by Crippen LogP contribution is -2.00. The average molecular weight is 517 g/mol. The van der Waals surface area contributed by atoms with Crippen LogP contribution in [0.15, 0.2) is 97.1 Å². The molecule has 0 radical (unpaired) electrons. The predicted octanol–water partition coefficient (Wildman–Crippen LogP) is 10.1. The summed E-state index contributed by atoms with van der Waals surface area (Å²) < 4.78 is 0. The molecule has 0 saturated heterocycles. The highest BCUT2D eigenvalue weighted by Crippen LogP contribution is 2.22. The fourth-order valence-electron chi connectivity index (χ4n) is 6.38. The van der Waals surface area contributed by atoms with Crippen LogP contribution in [0, 0.1) is 0 Å². The number of benzene rings is 4. The molecule has 204 valence electrons. The summed E-state index contributed by atoms with van der Waals surface area (Å²) in [4.78, 5) is 0. The molecule has 0 amide bonds. The lowest BCUT2D eigenvalue weighted by molar-refractivity contribution is 0.685. The maximum Gasteiger partial charge on any atom is -0.0273 e. The maximum absolute atomic E-state index is 2.26. The molecule has 0 fully saturated rings. The third kappa shape index (κ3) is 8.43. The van der Waals surface area contributed by atoms with E-state index in [1.807, 2.05) is 0 Å². The van der Waals surface area contributed by atoms with Crippen LogP contribution in [0.2, 0.25) is 0 Å². The van der Waals surface area contributed by atoms with Crippen molar-refractivity contribution in [3.05, 3.63) is 142 Å². The van der Waals surface area contributed by atoms with E-state index in [2.05, 4.69) is 97.1 Å². The molecule has 0 spiro atoms. The Morgan fingerprint density at radius 3 is 0.564 bits per heavy atom. The van der Waals surface area contributed by atoms with Crippen molar-refractivity contribution in [3.63, 3.8) is 0 Å². The molecule has 0 aliphatic heterocycles. The molecule has 0 heterocycles. The standard InChI is InChI=1S/2C10H12.2C9H10.CH4/c2*1-2-6-10-8-4-3-7-9(10)5-1;2*1-2-5-9-7-3-6-8(9)4-1;/h2*1-2,5-6H,3-4,7-8H2;2*1-2,4-5H,3,6-7H2;1H4. The van der Waals surface area contributed by atoms with E-state index in [9.17, 15) is 0 Å². The van der Waals surface area contributed by atoms with Crippen LogP contribution >= 0.6 is 0 Å². The zero-order valence-electron chi connectivity index (χ0n) is 23.1. The first-order chi connectivity index (χ1) is 18.9. The van der Waals surface area contributed by atoms with Gasteiger partial charge in [0, 0.05) is 0 Å². The number of fused-ring (bicyclic) bond motifs is 4. The molecule has 39 heavy (non-hydrogen) atoms. The first-order valence-electron chi connectivity index (χ1n) is 15.1. The summed E-state index contributed by atoms with van der Waals surface area (Å²) in [6, 6.07) is 35.1. The monoisotopic (exact) mass is 516 g/mol. The van der Waals surface area contributed by atoms with E-state index in [1.54, 1.807) is 44.5 Å². The molecule has 0 unspecified atom stereocenters. The van der Waals surface area contributed by atoms with E-state index < -0.39 is 0 Å². The summed E-state index contributed by atoms with van der Waals surface area (Å²) in [5.41, 5.74) is 12.6. The Morgan fingerprint density at radius 2 is 0.385 bits per heavy atom. The predicted molar refractivity (Wildman–Crippen MR) is 170 cm³/mol. The van der Waals surface area contributed by atoms with Gasteiger partial charge in [0.1, 0.15) is 0 Å². The lowest BCUT2D eigenvalue weighted by Gasteiger charge is -2.13. The molecule has 0 saturated carbocycles. The second-order valence-electron chi connectivity index (χ2n) is 11.2. The van der Waals surface area contributed by atoms with Gasteiger partial charge in [0.05, 0.1) is 0 Å². The summed E-state index contributed by atoms with van der Waals surface area (Å²) in [5.74, 6) is 0. The zero-order valence-corrected chi connectivity index (χ0v) is 23.1. The van der Waals surface area contributed by atoms with Gasteiger partial charge in [-0.15, -0.1) is 0 Å². The van der Waals surface area contributed by atoms with Gasteiger partial charge in [-0.3, -0.25) is 0 Å². The Labute approximate surface area is 238 Å². The maximum atomic E-state index is 2.26. The summed E-state index contributed by atoms with van der Waals surface area (Å²) in [7, 11) is 0. The lowest BCUT2D eigenvalue weighted by atomic mass is 9.92. The third-order valence-electron chi connectivity index (χ3n) is 8.54. The second-order valence-corrected chi connectivity index (χ2v) is 11.2. The Bertz CT molecular complexity index is 1080. The number of rotatable bonds is 0. The van der Waals surface area contributed by atoms with Crippen LogP contribution in [0.25, 0.3) is 0 Å². The quantitative estimate of drug-likeness (QED) is 0.218. The Kier molecular flexibility index (Phi) is 11.5. The van der Waals surface area contributed by atoms with Crippen molar-refractivity contribution < 1.29 is 0 Å². The van der Waals surface area contributed by atoms with Gasteiger partial charge in [0.15, 0.2) is 0 Å². The summed E-state index contributed by atoms with van der Waals surface area (Å²) in [6.07, 6.45) is 18.7. The minimum absolute atomic E-state index is 0. The molecule has 0 nitrogen and oxygen atoms in total. The highest BCUT2D eigenvalue weighted by Gasteiger charge is 2.09. The van der Waals surface area contributed by atoms with Crippen LogP contribution in [-0.2, 0) is 51.4 Å². The molecule has 0 aromatic heterocycles. The minimum atomic E-state index is 0. The number of hydrogen-bond acceptors (Lipinski definition) is 0. The molecule has 4 aliphatic carbocycles. The van der Waals surface area contributed by atoms with Gasteiger partial charge in [0.25, 0.3) is 0 Å². The Balaban J connectivity index is 0.000000120. The van der Waals surface area contributed by atoms with Crippen molar-refractivity contribution >= 4 is 0 Å². The van der Waals surface area contributed by atoms with Crippen LogP contribution in [0.3, 0.4) is 0 Å². The average Bonchev–Trinajstić information content (AvgIpc) is 3.68. The highest BCUT2D eigenvalue weighted by atomic mass is 14.1. The van der Waals surface area contributed by atoms with E-state index in [4.69, 9.17) is 0 Å². The van der Waals surface area contributed by atoms with Crippen LogP contribution < -0.4 is 0 Å². The Hall–Kier alpha value is -3.12. The van der Waals surface area contributed by atoms with E-state index >= 15 is 0 Å². The summed E-state index contributed by atoms with van der Waals surface area (Å²) in [5, 5.41) is 0. The van der Waals surface area contributed by atoms with Crippen molar-refractivity contribution in [1.82, 2.24) is 0 Å². The number of hydrogen-bond donors (Lipinski definition) is 0.